The van der Waals surface area contributed by atoms with Crippen LogP contribution in [0.4, 0.5) is 0 Å². The summed E-state index contributed by atoms with van der Waals surface area (Å²) in [4.78, 5) is 11.7. The van der Waals surface area contributed by atoms with E-state index < -0.39 is 6.04 Å². The molecule has 0 aromatic heterocycles. The monoisotopic (exact) mass is 245 g/mol. The van der Waals surface area contributed by atoms with Gasteiger partial charge in [-0.15, -0.1) is 0 Å². The highest BCUT2D eigenvalue weighted by atomic mass is 16.5. The molecular formula is C11H23N3O3. The highest BCUT2D eigenvalue weighted by Gasteiger charge is 2.17. The maximum atomic E-state index is 11.7. The molecule has 0 heterocycles. The molecule has 0 fully saturated rings. The van der Waals surface area contributed by atoms with Crippen molar-refractivity contribution >= 4 is 11.7 Å². The van der Waals surface area contributed by atoms with Gasteiger partial charge in [-0.1, -0.05) is 25.4 Å². The van der Waals surface area contributed by atoms with Crippen molar-refractivity contribution in [1.29, 1.82) is 0 Å². The van der Waals surface area contributed by atoms with Gasteiger partial charge in [0.15, 0.2) is 5.84 Å². The summed E-state index contributed by atoms with van der Waals surface area (Å²) in [6.07, 6.45) is 1.86. The Morgan fingerprint density at radius 1 is 1.59 bits per heavy atom. The summed E-state index contributed by atoms with van der Waals surface area (Å²) in [6.45, 7) is 4.44. The van der Waals surface area contributed by atoms with Crippen molar-refractivity contribution in [2.75, 3.05) is 13.7 Å². The fourth-order valence-electron chi connectivity index (χ4n) is 1.57. The van der Waals surface area contributed by atoms with Gasteiger partial charge in [0.2, 0.25) is 5.91 Å². The molecule has 0 aliphatic carbocycles. The maximum Gasteiger partial charge on any atom is 0.220 e. The highest BCUT2D eigenvalue weighted by molar-refractivity contribution is 5.89. The van der Waals surface area contributed by atoms with Gasteiger partial charge in [0.05, 0.1) is 6.04 Å². The number of nitrogens with zero attached hydrogens (tertiary/aromatic N) is 1. The molecule has 6 nitrogen and oxygen atoms in total. The molecule has 0 rings (SSSR count). The van der Waals surface area contributed by atoms with E-state index in [1.807, 2.05) is 13.8 Å². The first kappa shape index (κ1) is 15.7. The Morgan fingerprint density at radius 2 is 2.24 bits per heavy atom. The van der Waals surface area contributed by atoms with Gasteiger partial charge in [-0.05, 0) is 12.3 Å². The van der Waals surface area contributed by atoms with Gasteiger partial charge < -0.3 is 21.0 Å². The lowest BCUT2D eigenvalue weighted by Crippen LogP contribution is -2.45. The van der Waals surface area contributed by atoms with E-state index in [9.17, 15) is 4.79 Å². The zero-order valence-corrected chi connectivity index (χ0v) is 10.8. The zero-order valence-electron chi connectivity index (χ0n) is 10.8. The SMILES string of the molecule is CCCC(NC(=O)CC(C)COC)C(N)=NO. The Hall–Kier alpha value is -1.30. The Bertz CT molecular complexity index is 256. The summed E-state index contributed by atoms with van der Waals surface area (Å²) in [7, 11) is 1.60. The van der Waals surface area contributed by atoms with E-state index in [1.165, 1.54) is 0 Å². The summed E-state index contributed by atoms with van der Waals surface area (Å²) in [6, 6.07) is -0.396. The van der Waals surface area contributed by atoms with Crippen LogP contribution >= 0.6 is 0 Å². The predicted octanol–water partition coefficient (Wildman–Crippen LogP) is 0.690. The van der Waals surface area contributed by atoms with Gasteiger partial charge in [-0.3, -0.25) is 4.79 Å². The highest BCUT2D eigenvalue weighted by Crippen LogP contribution is 2.04. The molecule has 6 heteroatoms. The molecule has 0 radical (unpaired) electrons. The van der Waals surface area contributed by atoms with Crippen LogP contribution in [0.25, 0.3) is 0 Å². The van der Waals surface area contributed by atoms with E-state index in [2.05, 4.69) is 10.5 Å². The van der Waals surface area contributed by atoms with E-state index in [0.29, 0.717) is 19.4 Å². The third kappa shape index (κ3) is 6.78. The number of carbonyl (C=O) groups excluding carboxylic acids is 1. The number of hydrogen-bond acceptors (Lipinski definition) is 4. The molecule has 0 saturated heterocycles. The van der Waals surface area contributed by atoms with Crippen molar-refractivity contribution < 1.29 is 14.7 Å². The van der Waals surface area contributed by atoms with Crippen LogP contribution in [0.5, 0.6) is 0 Å². The molecule has 4 N–H and O–H groups in total. The first-order valence-corrected chi connectivity index (χ1v) is 5.80. The number of oxime groups is 1. The average molecular weight is 245 g/mol. The van der Waals surface area contributed by atoms with Gasteiger partial charge >= 0.3 is 0 Å². The number of nitrogens with one attached hydrogen (secondary N) is 1. The van der Waals surface area contributed by atoms with Crippen LogP contribution < -0.4 is 11.1 Å². The summed E-state index contributed by atoms with van der Waals surface area (Å²) in [5.41, 5.74) is 5.50. The molecule has 17 heavy (non-hydrogen) atoms. The molecule has 0 aliphatic heterocycles. The minimum absolute atomic E-state index is 0.0413. The maximum absolute atomic E-state index is 11.7. The van der Waals surface area contributed by atoms with E-state index >= 15 is 0 Å². The Labute approximate surface area is 102 Å². The van der Waals surface area contributed by atoms with E-state index in [4.69, 9.17) is 15.7 Å². The zero-order chi connectivity index (χ0) is 13.3. The van der Waals surface area contributed by atoms with E-state index in [-0.39, 0.29) is 17.7 Å². The van der Waals surface area contributed by atoms with Gasteiger partial charge in [-0.25, -0.2) is 0 Å². The molecule has 0 spiro atoms. The summed E-state index contributed by atoms with van der Waals surface area (Å²) < 4.78 is 4.96. The third-order valence-corrected chi connectivity index (χ3v) is 2.37. The largest absolute Gasteiger partial charge is 0.409 e. The van der Waals surface area contributed by atoms with Crippen LogP contribution in [0, 0.1) is 5.92 Å². The van der Waals surface area contributed by atoms with Crippen molar-refractivity contribution in [2.45, 2.75) is 39.2 Å². The summed E-state index contributed by atoms with van der Waals surface area (Å²) >= 11 is 0. The number of methoxy groups -OCH3 is 1. The van der Waals surface area contributed by atoms with Gasteiger partial charge in [-0.2, -0.15) is 0 Å². The van der Waals surface area contributed by atoms with Crippen molar-refractivity contribution in [3.05, 3.63) is 0 Å². The van der Waals surface area contributed by atoms with E-state index in [1.54, 1.807) is 7.11 Å². The molecule has 0 aromatic carbocycles. The normalized spacial score (nSPS) is 15.4. The van der Waals surface area contributed by atoms with Crippen LogP contribution in [-0.4, -0.2) is 36.7 Å². The first-order chi connectivity index (χ1) is 8.04. The van der Waals surface area contributed by atoms with E-state index in [0.717, 1.165) is 6.42 Å². The molecule has 0 saturated carbocycles. The number of rotatable bonds is 8. The second-order valence-electron chi connectivity index (χ2n) is 4.20. The minimum Gasteiger partial charge on any atom is -0.409 e. The molecule has 2 atom stereocenters. The van der Waals surface area contributed by atoms with Crippen molar-refractivity contribution in [3.63, 3.8) is 0 Å². The number of amides is 1. The average Bonchev–Trinajstić information content (AvgIpc) is 2.27. The number of ether oxygens (including phenoxy) is 1. The Kier molecular flexibility index (Phi) is 8.13. The fraction of sp³-hybridized carbons (Fsp3) is 0.818. The quantitative estimate of drug-likeness (QED) is 0.254. The smallest absolute Gasteiger partial charge is 0.220 e. The number of nitrogens with two attached hydrogens (primary N) is 1. The van der Waals surface area contributed by atoms with Crippen LogP contribution in [0.15, 0.2) is 5.16 Å². The Morgan fingerprint density at radius 3 is 2.71 bits per heavy atom. The van der Waals surface area contributed by atoms with Gasteiger partial charge in [0.25, 0.3) is 0 Å². The van der Waals surface area contributed by atoms with Crippen LogP contribution in [0.2, 0.25) is 0 Å². The standard InChI is InChI=1S/C11H23N3O3/c1-4-5-9(11(12)14-16)13-10(15)6-8(2)7-17-3/h8-9,16H,4-7H2,1-3H3,(H2,12,14)(H,13,15). The van der Waals surface area contributed by atoms with Gasteiger partial charge in [0.1, 0.15) is 0 Å². The van der Waals surface area contributed by atoms with Gasteiger partial charge in [0, 0.05) is 20.1 Å². The lowest BCUT2D eigenvalue weighted by Gasteiger charge is -2.18. The lowest BCUT2D eigenvalue weighted by atomic mass is 10.1. The van der Waals surface area contributed by atoms with Crippen molar-refractivity contribution in [2.24, 2.45) is 16.8 Å². The molecule has 1 amide bonds. The molecule has 2 unspecified atom stereocenters. The molecule has 0 bridgehead atoms. The third-order valence-electron chi connectivity index (χ3n) is 2.37. The van der Waals surface area contributed by atoms with Crippen LogP contribution in [-0.2, 0) is 9.53 Å². The van der Waals surface area contributed by atoms with Crippen molar-refractivity contribution in [3.8, 4) is 0 Å². The topological polar surface area (TPSA) is 96.9 Å². The molecular weight excluding hydrogens is 222 g/mol. The molecule has 0 aliphatic rings. The van der Waals surface area contributed by atoms with Crippen LogP contribution in [0.3, 0.4) is 0 Å². The number of amidine groups is 1. The minimum atomic E-state index is -0.396. The second kappa shape index (κ2) is 8.81. The lowest BCUT2D eigenvalue weighted by molar-refractivity contribution is -0.122. The predicted molar refractivity (Wildman–Crippen MR) is 65.9 cm³/mol. The second-order valence-corrected chi connectivity index (χ2v) is 4.20. The first-order valence-electron chi connectivity index (χ1n) is 5.80. The number of hydrogen-bond donors (Lipinski definition) is 3. The van der Waals surface area contributed by atoms with Crippen molar-refractivity contribution in [1.82, 2.24) is 5.32 Å². The van der Waals surface area contributed by atoms with Crippen LogP contribution in [0.1, 0.15) is 33.1 Å². The summed E-state index contributed by atoms with van der Waals surface area (Å²) in [5.74, 6) is 0.0776. The number of carbonyl (C=O) groups is 1. The molecule has 0 aromatic rings. The Balaban J connectivity index is 4.21. The summed E-state index contributed by atoms with van der Waals surface area (Å²) in [5, 5.41) is 14.3. The molecule has 100 valence electrons. The fourth-order valence-corrected chi connectivity index (χ4v) is 1.57.